The third-order valence-electron chi connectivity index (χ3n) is 3.34. The number of hydrogen-bond donors (Lipinski definition) is 1. The first-order valence-electron chi connectivity index (χ1n) is 7.67. The summed E-state index contributed by atoms with van der Waals surface area (Å²) >= 11 is 0. The van der Waals surface area contributed by atoms with Crippen molar-refractivity contribution >= 4 is 6.09 Å². The Labute approximate surface area is 132 Å². The predicted molar refractivity (Wildman–Crippen MR) is 88.2 cm³/mol. The zero-order valence-electron chi connectivity index (χ0n) is 12.9. The van der Waals surface area contributed by atoms with Gasteiger partial charge in [-0.25, -0.2) is 4.79 Å². The van der Waals surface area contributed by atoms with Crippen molar-refractivity contribution < 1.29 is 9.53 Å². The highest BCUT2D eigenvalue weighted by Gasteiger charge is 2.03. The molecule has 2 aromatic rings. The molecule has 0 aliphatic heterocycles. The lowest BCUT2D eigenvalue weighted by molar-refractivity contribution is 0.142. The Morgan fingerprint density at radius 3 is 2.64 bits per heavy atom. The van der Waals surface area contributed by atoms with Gasteiger partial charge in [0.15, 0.2) is 0 Å². The molecule has 22 heavy (non-hydrogen) atoms. The monoisotopic (exact) mass is 296 g/mol. The van der Waals surface area contributed by atoms with Crippen molar-refractivity contribution in [2.45, 2.75) is 32.8 Å². The lowest BCUT2D eigenvalue weighted by Crippen LogP contribution is -2.22. The maximum absolute atomic E-state index is 11.7. The van der Waals surface area contributed by atoms with Crippen LogP contribution in [0.5, 0.6) is 0 Å². The van der Waals surface area contributed by atoms with Gasteiger partial charge in [-0.1, -0.05) is 67.9 Å². The number of carbonyl (C=O) groups excluding carboxylic acids is 1. The van der Waals surface area contributed by atoms with Gasteiger partial charge < -0.3 is 10.1 Å². The molecular formula is C19H22NO2. The quantitative estimate of drug-likeness (QED) is 0.819. The van der Waals surface area contributed by atoms with Crippen molar-refractivity contribution in [1.29, 1.82) is 0 Å². The maximum atomic E-state index is 11.7. The molecule has 115 valence electrons. The summed E-state index contributed by atoms with van der Waals surface area (Å²) in [5.74, 6) is 0. The number of carbonyl (C=O) groups is 1. The summed E-state index contributed by atoms with van der Waals surface area (Å²) in [6.45, 7) is 4.14. The van der Waals surface area contributed by atoms with Crippen LogP contribution in [-0.4, -0.2) is 6.09 Å². The van der Waals surface area contributed by atoms with Crippen molar-refractivity contribution in [1.82, 2.24) is 5.32 Å². The standard InChI is InChI=1S/C19H22NO2/c1-2-3-8-16-11-7-12-18(13-16)14-20-19(21)22-15-17-9-5-4-6-10-17/h4-7,9-14H,2-3,8,15H2,1H3,(H,20,21). The predicted octanol–water partition coefficient (Wildman–Crippen LogP) is 4.47. The molecule has 3 heteroatoms. The number of alkyl carbamates (subject to hydrolysis) is 1. The molecule has 0 fully saturated rings. The van der Waals surface area contributed by atoms with Crippen molar-refractivity contribution in [3.8, 4) is 0 Å². The van der Waals surface area contributed by atoms with E-state index in [9.17, 15) is 4.79 Å². The topological polar surface area (TPSA) is 38.3 Å². The summed E-state index contributed by atoms with van der Waals surface area (Å²) in [4.78, 5) is 11.7. The molecule has 0 unspecified atom stereocenters. The van der Waals surface area contributed by atoms with Crippen molar-refractivity contribution in [3.63, 3.8) is 0 Å². The van der Waals surface area contributed by atoms with Gasteiger partial charge in [0.05, 0.1) is 6.54 Å². The number of aryl methyl sites for hydroxylation is 1. The number of rotatable bonds is 7. The summed E-state index contributed by atoms with van der Waals surface area (Å²) in [7, 11) is 0. The molecule has 0 aliphatic carbocycles. The molecule has 0 spiro atoms. The van der Waals surface area contributed by atoms with Crippen LogP contribution in [0.2, 0.25) is 0 Å². The number of unbranched alkanes of at least 4 members (excludes halogenated alkanes) is 1. The van der Waals surface area contributed by atoms with Crippen molar-refractivity contribution in [2.75, 3.05) is 0 Å². The average molecular weight is 296 g/mol. The van der Waals surface area contributed by atoms with E-state index < -0.39 is 6.09 Å². The molecule has 0 saturated heterocycles. The molecule has 0 bridgehead atoms. The second-order valence-electron chi connectivity index (χ2n) is 5.20. The lowest BCUT2D eigenvalue weighted by Gasteiger charge is -2.08. The van der Waals surface area contributed by atoms with Crippen LogP contribution >= 0.6 is 0 Å². The average Bonchev–Trinajstić information content (AvgIpc) is 2.57. The smallest absolute Gasteiger partial charge is 0.408 e. The molecule has 3 nitrogen and oxygen atoms in total. The SMILES string of the molecule is CCCCc1cccc([CH]NC(=O)OCc2ccccc2)c1. The minimum absolute atomic E-state index is 0.275. The molecule has 1 amide bonds. The van der Waals surface area contributed by atoms with Crippen molar-refractivity contribution in [2.24, 2.45) is 0 Å². The summed E-state index contributed by atoms with van der Waals surface area (Å²) < 4.78 is 5.16. The number of nitrogens with one attached hydrogen (secondary N) is 1. The molecule has 0 aliphatic rings. The van der Waals surface area contributed by atoms with Gasteiger partial charge in [0.1, 0.15) is 6.61 Å². The van der Waals surface area contributed by atoms with Gasteiger partial charge in [0, 0.05) is 0 Å². The second-order valence-corrected chi connectivity index (χ2v) is 5.20. The number of hydrogen-bond acceptors (Lipinski definition) is 2. The fourth-order valence-corrected chi connectivity index (χ4v) is 2.13. The molecule has 0 heterocycles. The molecular weight excluding hydrogens is 274 g/mol. The largest absolute Gasteiger partial charge is 0.445 e. The van der Waals surface area contributed by atoms with Gasteiger partial charge in [-0.15, -0.1) is 0 Å². The first-order chi connectivity index (χ1) is 10.8. The Morgan fingerprint density at radius 2 is 1.86 bits per heavy atom. The van der Waals surface area contributed by atoms with E-state index in [-0.39, 0.29) is 6.61 Å². The highest BCUT2D eigenvalue weighted by atomic mass is 16.5. The third-order valence-corrected chi connectivity index (χ3v) is 3.34. The van der Waals surface area contributed by atoms with E-state index in [0.29, 0.717) is 0 Å². The Morgan fingerprint density at radius 1 is 1.09 bits per heavy atom. The normalized spacial score (nSPS) is 10.2. The maximum Gasteiger partial charge on any atom is 0.408 e. The van der Waals surface area contributed by atoms with E-state index in [1.807, 2.05) is 42.5 Å². The Bertz CT molecular complexity index is 581. The van der Waals surface area contributed by atoms with Gasteiger partial charge in [-0.05, 0) is 29.5 Å². The van der Waals surface area contributed by atoms with Gasteiger partial charge in [0.2, 0.25) is 0 Å². The number of ether oxygens (including phenoxy) is 1. The fourth-order valence-electron chi connectivity index (χ4n) is 2.13. The molecule has 0 atom stereocenters. The zero-order chi connectivity index (χ0) is 15.6. The first-order valence-corrected chi connectivity index (χ1v) is 7.67. The van der Waals surface area contributed by atoms with E-state index >= 15 is 0 Å². The van der Waals surface area contributed by atoms with Crippen LogP contribution in [-0.2, 0) is 17.8 Å². The fraction of sp³-hybridized carbons (Fsp3) is 0.263. The van der Waals surface area contributed by atoms with E-state index in [1.165, 1.54) is 18.4 Å². The van der Waals surface area contributed by atoms with Crippen LogP contribution in [0.3, 0.4) is 0 Å². The summed E-state index contributed by atoms with van der Waals surface area (Å²) in [6, 6.07) is 17.8. The van der Waals surface area contributed by atoms with Crippen LogP contribution < -0.4 is 5.32 Å². The summed E-state index contributed by atoms with van der Waals surface area (Å²) in [5.41, 5.74) is 3.24. The molecule has 2 aromatic carbocycles. The minimum Gasteiger partial charge on any atom is -0.445 e. The van der Waals surface area contributed by atoms with Crippen LogP contribution in [0.25, 0.3) is 0 Å². The third kappa shape index (κ3) is 5.60. The highest BCUT2D eigenvalue weighted by Crippen LogP contribution is 2.09. The van der Waals surface area contributed by atoms with E-state index in [4.69, 9.17) is 4.74 Å². The van der Waals surface area contributed by atoms with Gasteiger partial charge in [-0.3, -0.25) is 0 Å². The lowest BCUT2D eigenvalue weighted by atomic mass is 10.1. The van der Waals surface area contributed by atoms with Gasteiger partial charge >= 0.3 is 6.09 Å². The number of amides is 1. The van der Waals surface area contributed by atoms with Crippen LogP contribution in [0, 0.1) is 6.54 Å². The number of benzene rings is 2. The van der Waals surface area contributed by atoms with Gasteiger partial charge in [-0.2, -0.15) is 0 Å². The Kier molecular flexibility index (Phi) is 6.49. The first kappa shape index (κ1) is 16.1. The van der Waals surface area contributed by atoms with Crippen molar-refractivity contribution in [3.05, 3.63) is 77.8 Å². The molecule has 0 aromatic heterocycles. The molecule has 1 radical (unpaired) electrons. The zero-order valence-corrected chi connectivity index (χ0v) is 12.9. The minimum atomic E-state index is -0.442. The Hall–Kier alpha value is -2.29. The molecule has 1 N–H and O–H groups in total. The summed E-state index contributed by atoms with van der Waals surface area (Å²) in [5, 5.41) is 2.67. The van der Waals surface area contributed by atoms with Crippen LogP contribution in [0.4, 0.5) is 4.79 Å². The van der Waals surface area contributed by atoms with E-state index in [2.05, 4.69) is 24.4 Å². The van der Waals surface area contributed by atoms with E-state index in [1.54, 1.807) is 6.54 Å². The van der Waals surface area contributed by atoms with Crippen LogP contribution in [0.1, 0.15) is 36.5 Å². The Balaban J connectivity index is 1.76. The molecule has 0 saturated carbocycles. The highest BCUT2D eigenvalue weighted by molar-refractivity contribution is 5.68. The van der Waals surface area contributed by atoms with E-state index in [0.717, 1.165) is 17.5 Å². The summed E-state index contributed by atoms with van der Waals surface area (Å²) in [6.07, 6.45) is 2.98. The second kappa shape index (κ2) is 8.88. The molecule has 2 rings (SSSR count). The van der Waals surface area contributed by atoms with Crippen LogP contribution in [0.15, 0.2) is 54.6 Å². The van der Waals surface area contributed by atoms with Gasteiger partial charge in [0.25, 0.3) is 0 Å².